The summed E-state index contributed by atoms with van der Waals surface area (Å²) in [5, 5.41) is 17.9. The standard InChI is InChI=1S/C8H15N3O3/c1-14-11-6-4-7(10-5-6)8(13)9-2-3-12/h7,10,12H,2-5H2,1H3,(H,9,13). The number of aliphatic hydroxyl groups excluding tert-OH is 1. The highest BCUT2D eigenvalue weighted by molar-refractivity contribution is 5.96. The Morgan fingerprint density at radius 2 is 2.64 bits per heavy atom. The molecule has 1 atom stereocenters. The summed E-state index contributed by atoms with van der Waals surface area (Å²) in [7, 11) is 1.48. The van der Waals surface area contributed by atoms with Gasteiger partial charge in [-0.2, -0.15) is 0 Å². The molecule has 1 heterocycles. The summed E-state index contributed by atoms with van der Waals surface area (Å²) in [4.78, 5) is 16.0. The van der Waals surface area contributed by atoms with Crippen molar-refractivity contribution < 1.29 is 14.7 Å². The van der Waals surface area contributed by atoms with Crippen LogP contribution < -0.4 is 10.6 Å². The van der Waals surface area contributed by atoms with Crippen molar-refractivity contribution in [3.63, 3.8) is 0 Å². The quantitative estimate of drug-likeness (QED) is 0.481. The van der Waals surface area contributed by atoms with Gasteiger partial charge in [0.15, 0.2) is 0 Å². The first kappa shape index (κ1) is 10.9. The Bertz CT molecular complexity index is 230. The van der Waals surface area contributed by atoms with Crippen molar-refractivity contribution in [1.29, 1.82) is 0 Å². The fourth-order valence-electron chi connectivity index (χ4n) is 1.31. The summed E-state index contributed by atoms with van der Waals surface area (Å²) in [6, 6.07) is -0.254. The van der Waals surface area contributed by atoms with Gasteiger partial charge in [0.2, 0.25) is 5.91 Å². The normalized spacial score (nSPS) is 23.9. The first-order chi connectivity index (χ1) is 6.77. The molecule has 1 amide bonds. The molecule has 80 valence electrons. The molecular formula is C8H15N3O3. The van der Waals surface area contributed by atoms with Gasteiger partial charge in [-0.05, 0) is 0 Å². The van der Waals surface area contributed by atoms with Crippen LogP contribution in [-0.2, 0) is 9.63 Å². The zero-order valence-electron chi connectivity index (χ0n) is 8.12. The van der Waals surface area contributed by atoms with Gasteiger partial charge in [0.25, 0.3) is 0 Å². The van der Waals surface area contributed by atoms with Crippen LogP contribution in [0, 0.1) is 0 Å². The number of carbonyl (C=O) groups is 1. The highest BCUT2D eigenvalue weighted by Crippen LogP contribution is 2.03. The van der Waals surface area contributed by atoms with Gasteiger partial charge >= 0.3 is 0 Å². The van der Waals surface area contributed by atoms with Crippen LogP contribution >= 0.6 is 0 Å². The lowest BCUT2D eigenvalue weighted by Crippen LogP contribution is -2.41. The SMILES string of the molecule is CON=C1CNC(C(=O)NCCO)C1. The van der Waals surface area contributed by atoms with Crippen molar-refractivity contribution in [2.24, 2.45) is 5.16 Å². The zero-order chi connectivity index (χ0) is 10.4. The van der Waals surface area contributed by atoms with E-state index in [1.807, 2.05) is 0 Å². The fourth-order valence-corrected chi connectivity index (χ4v) is 1.31. The Hall–Kier alpha value is -1.14. The van der Waals surface area contributed by atoms with Crippen LogP contribution in [0.4, 0.5) is 0 Å². The maximum Gasteiger partial charge on any atom is 0.237 e. The lowest BCUT2D eigenvalue weighted by molar-refractivity contribution is -0.122. The van der Waals surface area contributed by atoms with E-state index in [4.69, 9.17) is 5.11 Å². The van der Waals surface area contributed by atoms with E-state index in [0.717, 1.165) is 5.71 Å². The molecule has 0 aromatic rings. The second kappa shape index (κ2) is 5.56. The van der Waals surface area contributed by atoms with Crippen LogP contribution in [0.1, 0.15) is 6.42 Å². The largest absolute Gasteiger partial charge is 0.399 e. The van der Waals surface area contributed by atoms with Crippen molar-refractivity contribution in [2.45, 2.75) is 12.5 Å². The van der Waals surface area contributed by atoms with Gasteiger partial charge in [-0.25, -0.2) is 0 Å². The third kappa shape index (κ3) is 2.97. The maximum atomic E-state index is 11.4. The lowest BCUT2D eigenvalue weighted by Gasteiger charge is -2.08. The predicted octanol–water partition coefficient (Wildman–Crippen LogP) is -1.54. The van der Waals surface area contributed by atoms with Crippen LogP contribution in [0.2, 0.25) is 0 Å². The number of hydrogen-bond acceptors (Lipinski definition) is 5. The van der Waals surface area contributed by atoms with E-state index in [-0.39, 0.29) is 25.1 Å². The second-order valence-electron chi connectivity index (χ2n) is 2.99. The van der Waals surface area contributed by atoms with Crippen molar-refractivity contribution >= 4 is 11.6 Å². The van der Waals surface area contributed by atoms with E-state index in [0.29, 0.717) is 13.0 Å². The second-order valence-corrected chi connectivity index (χ2v) is 2.99. The smallest absolute Gasteiger partial charge is 0.237 e. The third-order valence-corrected chi connectivity index (χ3v) is 1.94. The van der Waals surface area contributed by atoms with Crippen LogP contribution in [0.15, 0.2) is 5.16 Å². The molecule has 1 aliphatic rings. The highest BCUT2D eigenvalue weighted by atomic mass is 16.6. The Labute approximate surface area is 82.3 Å². The Morgan fingerprint density at radius 3 is 3.29 bits per heavy atom. The molecule has 1 fully saturated rings. The molecule has 6 heteroatoms. The van der Waals surface area contributed by atoms with Crippen molar-refractivity contribution in [3.05, 3.63) is 0 Å². The number of nitrogens with zero attached hydrogens (tertiary/aromatic N) is 1. The number of oxime groups is 1. The molecular weight excluding hydrogens is 186 g/mol. The number of carbonyl (C=O) groups excluding carboxylic acids is 1. The van der Waals surface area contributed by atoms with Gasteiger partial charge in [-0.1, -0.05) is 5.16 Å². The van der Waals surface area contributed by atoms with Crippen molar-refractivity contribution in [2.75, 3.05) is 26.8 Å². The number of amides is 1. The monoisotopic (exact) mass is 201 g/mol. The molecule has 3 N–H and O–H groups in total. The minimum atomic E-state index is -0.254. The minimum Gasteiger partial charge on any atom is -0.399 e. The van der Waals surface area contributed by atoms with Crippen LogP contribution in [0.5, 0.6) is 0 Å². The van der Waals surface area contributed by atoms with E-state index in [1.165, 1.54) is 7.11 Å². The Balaban J connectivity index is 2.34. The molecule has 1 unspecified atom stereocenters. The van der Waals surface area contributed by atoms with Gasteiger partial charge in [0.1, 0.15) is 7.11 Å². The molecule has 0 aliphatic carbocycles. The first-order valence-corrected chi connectivity index (χ1v) is 4.48. The third-order valence-electron chi connectivity index (χ3n) is 1.94. The first-order valence-electron chi connectivity index (χ1n) is 4.48. The molecule has 6 nitrogen and oxygen atoms in total. The molecule has 0 bridgehead atoms. The number of aliphatic hydroxyl groups is 1. The molecule has 1 aliphatic heterocycles. The molecule has 0 aromatic carbocycles. The van der Waals surface area contributed by atoms with Gasteiger partial charge in [0.05, 0.1) is 18.4 Å². The average molecular weight is 201 g/mol. The van der Waals surface area contributed by atoms with E-state index in [2.05, 4.69) is 20.6 Å². The van der Waals surface area contributed by atoms with Crippen molar-refractivity contribution in [1.82, 2.24) is 10.6 Å². The summed E-state index contributed by atoms with van der Waals surface area (Å²) in [6.45, 7) is 0.816. The summed E-state index contributed by atoms with van der Waals surface area (Å²) < 4.78 is 0. The van der Waals surface area contributed by atoms with Gasteiger partial charge < -0.3 is 20.6 Å². The molecule has 0 spiro atoms. The van der Waals surface area contributed by atoms with Crippen LogP contribution in [0.25, 0.3) is 0 Å². The number of nitrogens with one attached hydrogen (secondary N) is 2. The molecule has 1 saturated heterocycles. The molecule has 1 rings (SSSR count). The fraction of sp³-hybridized carbons (Fsp3) is 0.750. The minimum absolute atomic E-state index is 0.0442. The molecule has 14 heavy (non-hydrogen) atoms. The predicted molar refractivity (Wildman–Crippen MR) is 50.9 cm³/mol. The summed E-state index contributed by atoms with van der Waals surface area (Å²) in [6.07, 6.45) is 0.561. The Morgan fingerprint density at radius 1 is 1.86 bits per heavy atom. The van der Waals surface area contributed by atoms with E-state index in [9.17, 15) is 4.79 Å². The summed E-state index contributed by atoms with van der Waals surface area (Å²) in [5.74, 6) is -0.111. The molecule has 0 aromatic heterocycles. The maximum absolute atomic E-state index is 11.4. The summed E-state index contributed by atoms with van der Waals surface area (Å²) in [5.41, 5.74) is 0.830. The van der Waals surface area contributed by atoms with Gasteiger partial charge in [0, 0.05) is 19.5 Å². The van der Waals surface area contributed by atoms with Gasteiger partial charge in [-0.3, -0.25) is 4.79 Å². The number of rotatable bonds is 4. The van der Waals surface area contributed by atoms with Crippen LogP contribution in [-0.4, -0.2) is 49.6 Å². The van der Waals surface area contributed by atoms with E-state index in [1.54, 1.807) is 0 Å². The van der Waals surface area contributed by atoms with E-state index < -0.39 is 0 Å². The lowest BCUT2D eigenvalue weighted by atomic mass is 10.2. The Kier molecular flexibility index (Phi) is 4.34. The average Bonchev–Trinajstić information content (AvgIpc) is 2.63. The van der Waals surface area contributed by atoms with Gasteiger partial charge in [-0.15, -0.1) is 0 Å². The zero-order valence-corrected chi connectivity index (χ0v) is 8.12. The van der Waals surface area contributed by atoms with Crippen molar-refractivity contribution in [3.8, 4) is 0 Å². The molecule has 0 saturated carbocycles. The highest BCUT2D eigenvalue weighted by Gasteiger charge is 2.26. The molecule has 0 radical (unpaired) electrons. The van der Waals surface area contributed by atoms with E-state index >= 15 is 0 Å². The number of hydrogen-bond donors (Lipinski definition) is 3. The topological polar surface area (TPSA) is 83.0 Å². The van der Waals surface area contributed by atoms with Crippen LogP contribution in [0.3, 0.4) is 0 Å². The summed E-state index contributed by atoms with van der Waals surface area (Å²) >= 11 is 0.